The Bertz CT molecular complexity index is 997. The number of sulfonamides is 1. The number of hydrogen-bond donors (Lipinski definition) is 0. The highest BCUT2D eigenvalue weighted by Crippen LogP contribution is 2.24. The van der Waals surface area contributed by atoms with Crippen molar-refractivity contribution in [2.75, 3.05) is 32.8 Å². The average Bonchev–Trinajstić information content (AvgIpc) is 3.05. The van der Waals surface area contributed by atoms with E-state index in [-0.39, 0.29) is 49.3 Å². The van der Waals surface area contributed by atoms with Crippen LogP contribution in [0.15, 0.2) is 33.7 Å². The van der Waals surface area contributed by atoms with Crippen molar-refractivity contribution in [2.24, 2.45) is 0 Å². The molecular formula is C18H20N4O5S. The quantitative estimate of drug-likeness (QED) is 0.732. The summed E-state index contributed by atoms with van der Waals surface area (Å²) in [5, 5.41) is 12.6. The predicted molar refractivity (Wildman–Crippen MR) is 98.0 cm³/mol. The van der Waals surface area contributed by atoms with Crippen molar-refractivity contribution >= 4 is 15.9 Å². The standard InChI is InChI=1S/C18H20N4O5S/c1-13-18(14(2)27-20-13)28(24,25)22-8-6-21(7-9-22)17(23)12-26-16-5-3-4-15(10-16)11-19/h3-5,10H,6-9,12H2,1-2H3. The molecule has 1 fully saturated rings. The molecule has 2 aromatic rings. The van der Waals surface area contributed by atoms with Gasteiger partial charge in [0.1, 0.15) is 16.3 Å². The largest absolute Gasteiger partial charge is 0.484 e. The fourth-order valence-electron chi connectivity index (χ4n) is 3.04. The fraction of sp³-hybridized carbons (Fsp3) is 0.389. The second-order valence-corrected chi connectivity index (χ2v) is 8.24. The molecule has 0 aliphatic carbocycles. The molecule has 9 nitrogen and oxygen atoms in total. The lowest BCUT2D eigenvalue weighted by molar-refractivity contribution is -0.134. The molecule has 0 N–H and O–H groups in total. The Morgan fingerprint density at radius 1 is 1.29 bits per heavy atom. The van der Waals surface area contributed by atoms with Crippen LogP contribution in [0.25, 0.3) is 0 Å². The van der Waals surface area contributed by atoms with E-state index in [1.807, 2.05) is 6.07 Å². The van der Waals surface area contributed by atoms with Crippen LogP contribution in [-0.4, -0.2) is 61.5 Å². The van der Waals surface area contributed by atoms with E-state index in [9.17, 15) is 13.2 Å². The van der Waals surface area contributed by atoms with Crippen molar-refractivity contribution in [1.29, 1.82) is 5.26 Å². The molecule has 1 amide bonds. The summed E-state index contributed by atoms with van der Waals surface area (Å²) in [6, 6.07) is 8.56. The molecule has 0 bridgehead atoms. The monoisotopic (exact) mass is 404 g/mol. The van der Waals surface area contributed by atoms with Crippen molar-refractivity contribution in [3.05, 3.63) is 41.3 Å². The highest BCUT2D eigenvalue weighted by atomic mass is 32.2. The summed E-state index contributed by atoms with van der Waals surface area (Å²) in [6.07, 6.45) is 0. The predicted octanol–water partition coefficient (Wildman–Crippen LogP) is 1.08. The molecule has 1 aliphatic heterocycles. The Kier molecular flexibility index (Phi) is 5.67. The van der Waals surface area contributed by atoms with Gasteiger partial charge in [0.2, 0.25) is 10.0 Å². The van der Waals surface area contributed by atoms with E-state index in [1.54, 1.807) is 43.0 Å². The number of rotatable bonds is 5. The van der Waals surface area contributed by atoms with Crippen molar-refractivity contribution in [3.63, 3.8) is 0 Å². The summed E-state index contributed by atoms with van der Waals surface area (Å²) in [6.45, 7) is 3.87. The molecule has 2 heterocycles. The summed E-state index contributed by atoms with van der Waals surface area (Å²) in [5.41, 5.74) is 0.770. The second kappa shape index (κ2) is 8.00. The molecule has 10 heteroatoms. The highest BCUT2D eigenvalue weighted by Gasteiger charge is 2.34. The van der Waals surface area contributed by atoms with E-state index in [0.29, 0.717) is 17.0 Å². The van der Waals surface area contributed by atoms with Crippen LogP contribution in [0.2, 0.25) is 0 Å². The maximum Gasteiger partial charge on any atom is 0.260 e. The van der Waals surface area contributed by atoms with Crippen LogP contribution >= 0.6 is 0 Å². The van der Waals surface area contributed by atoms with E-state index in [1.165, 1.54) is 4.31 Å². The Morgan fingerprint density at radius 3 is 2.61 bits per heavy atom. The van der Waals surface area contributed by atoms with E-state index in [2.05, 4.69) is 5.16 Å². The number of carbonyl (C=O) groups is 1. The molecule has 28 heavy (non-hydrogen) atoms. The zero-order chi connectivity index (χ0) is 20.3. The first kappa shape index (κ1) is 19.9. The molecule has 1 saturated heterocycles. The zero-order valence-electron chi connectivity index (χ0n) is 15.6. The van der Waals surface area contributed by atoms with E-state index in [4.69, 9.17) is 14.5 Å². The van der Waals surface area contributed by atoms with Gasteiger partial charge in [-0.1, -0.05) is 11.2 Å². The number of carbonyl (C=O) groups excluding carboxylic acids is 1. The number of ether oxygens (including phenoxy) is 1. The summed E-state index contributed by atoms with van der Waals surface area (Å²) >= 11 is 0. The minimum Gasteiger partial charge on any atom is -0.484 e. The Hall–Kier alpha value is -2.90. The summed E-state index contributed by atoms with van der Waals surface area (Å²) in [4.78, 5) is 14.0. The van der Waals surface area contributed by atoms with Crippen molar-refractivity contribution < 1.29 is 22.5 Å². The Morgan fingerprint density at radius 2 is 2.00 bits per heavy atom. The summed E-state index contributed by atoms with van der Waals surface area (Å²) in [7, 11) is -3.71. The first-order valence-electron chi connectivity index (χ1n) is 8.66. The zero-order valence-corrected chi connectivity index (χ0v) is 16.4. The van der Waals surface area contributed by atoms with Gasteiger partial charge >= 0.3 is 0 Å². The van der Waals surface area contributed by atoms with Crippen LogP contribution in [0.3, 0.4) is 0 Å². The number of benzene rings is 1. The molecule has 0 spiro atoms. The minimum atomic E-state index is -3.71. The number of aromatic nitrogens is 1. The molecule has 0 saturated carbocycles. The van der Waals surface area contributed by atoms with Crippen LogP contribution in [0, 0.1) is 25.2 Å². The number of aryl methyl sites for hydroxylation is 2. The smallest absolute Gasteiger partial charge is 0.260 e. The lowest BCUT2D eigenvalue weighted by Crippen LogP contribution is -2.51. The Labute approximate surface area is 163 Å². The first-order valence-corrected chi connectivity index (χ1v) is 10.1. The maximum absolute atomic E-state index is 12.8. The number of amides is 1. The Balaban J connectivity index is 1.57. The lowest BCUT2D eigenvalue weighted by Gasteiger charge is -2.33. The van der Waals surface area contributed by atoms with Gasteiger partial charge in [0.15, 0.2) is 12.4 Å². The van der Waals surface area contributed by atoms with Crippen molar-refractivity contribution in [2.45, 2.75) is 18.7 Å². The first-order chi connectivity index (χ1) is 13.3. The molecule has 148 valence electrons. The van der Waals surface area contributed by atoms with Gasteiger partial charge in [-0.15, -0.1) is 0 Å². The average molecular weight is 404 g/mol. The second-order valence-electron chi connectivity index (χ2n) is 6.37. The molecule has 1 aliphatic rings. The van der Waals surface area contributed by atoms with Crippen LogP contribution in [-0.2, 0) is 14.8 Å². The molecule has 1 aromatic carbocycles. The number of nitrogens with zero attached hydrogens (tertiary/aromatic N) is 4. The molecule has 3 rings (SSSR count). The molecule has 0 atom stereocenters. The van der Waals surface area contributed by atoms with E-state index < -0.39 is 10.0 Å². The normalized spacial score (nSPS) is 15.2. The van der Waals surface area contributed by atoms with Crippen LogP contribution in [0.5, 0.6) is 5.75 Å². The van der Waals surface area contributed by atoms with Crippen LogP contribution < -0.4 is 4.74 Å². The number of piperazine rings is 1. The summed E-state index contributed by atoms with van der Waals surface area (Å²) in [5.74, 6) is 0.452. The molecule has 0 radical (unpaired) electrons. The van der Waals surface area contributed by atoms with Crippen molar-refractivity contribution in [3.8, 4) is 11.8 Å². The van der Waals surface area contributed by atoms with E-state index >= 15 is 0 Å². The third-order valence-electron chi connectivity index (χ3n) is 4.48. The molecule has 1 aromatic heterocycles. The topological polar surface area (TPSA) is 117 Å². The third-order valence-corrected chi connectivity index (χ3v) is 6.63. The van der Waals surface area contributed by atoms with Crippen LogP contribution in [0.1, 0.15) is 17.0 Å². The van der Waals surface area contributed by atoms with Gasteiger partial charge < -0.3 is 14.2 Å². The molecular weight excluding hydrogens is 384 g/mol. The molecule has 0 unspecified atom stereocenters. The van der Waals surface area contributed by atoms with Crippen LogP contribution in [0.4, 0.5) is 0 Å². The van der Waals surface area contributed by atoms with Gasteiger partial charge in [-0.25, -0.2) is 8.42 Å². The highest BCUT2D eigenvalue weighted by molar-refractivity contribution is 7.89. The van der Waals surface area contributed by atoms with Gasteiger partial charge in [0, 0.05) is 26.2 Å². The van der Waals surface area contributed by atoms with E-state index in [0.717, 1.165) is 0 Å². The van der Waals surface area contributed by atoms with Gasteiger partial charge in [0.05, 0.1) is 11.6 Å². The minimum absolute atomic E-state index is 0.0907. The maximum atomic E-state index is 12.8. The van der Waals surface area contributed by atoms with Gasteiger partial charge in [0.25, 0.3) is 5.91 Å². The van der Waals surface area contributed by atoms with Gasteiger partial charge in [-0.05, 0) is 32.0 Å². The summed E-state index contributed by atoms with van der Waals surface area (Å²) < 4.78 is 37.4. The van der Waals surface area contributed by atoms with Gasteiger partial charge in [-0.2, -0.15) is 9.57 Å². The lowest BCUT2D eigenvalue weighted by atomic mass is 10.2. The SMILES string of the molecule is Cc1noc(C)c1S(=O)(=O)N1CCN(C(=O)COc2cccc(C#N)c2)CC1. The van der Waals surface area contributed by atoms with Gasteiger partial charge in [-0.3, -0.25) is 4.79 Å². The van der Waals surface area contributed by atoms with Crippen molar-refractivity contribution in [1.82, 2.24) is 14.4 Å². The third kappa shape index (κ3) is 4.00. The fourth-order valence-corrected chi connectivity index (χ4v) is 4.75. The number of nitriles is 1. The number of hydrogen-bond acceptors (Lipinski definition) is 7.